The molecule has 1 aliphatic heterocycles. The minimum Gasteiger partial charge on any atom is -0.422 e. The molecular weight excluding hydrogens is 536 g/mol. The SMILES string of the molecule is CN(CCO[SiH2]C(C)(C)C)c1ccc(-c2c(COCc3ccccc3)c(COCc3ccccc3)c3n2CCC3)cc1. The zero-order valence-electron chi connectivity index (χ0n) is 25.8. The van der Waals surface area contributed by atoms with Crippen LogP contribution in [-0.2, 0) is 53.3 Å². The number of anilines is 1. The summed E-state index contributed by atoms with van der Waals surface area (Å²) in [5.41, 5.74) is 10.1. The van der Waals surface area contributed by atoms with Gasteiger partial charge in [0, 0.05) is 42.6 Å². The molecule has 4 aromatic rings. The van der Waals surface area contributed by atoms with Gasteiger partial charge in [-0.1, -0.05) is 93.6 Å². The lowest BCUT2D eigenvalue weighted by Gasteiger charge is -2.22. The van der Waals surface area contributed by atoms with E-state index in [0.29, 0.717) is 31.5 Å². The van der Waals surface area contributed by atoms with E-state index in [1.165, 1.54) is 44.9 Å². The number of hydrogen-bond donors (Lipinski definition) is 0. The van der Waals surface area contributed by atoms with Crippen LogP contribution in [0.3, 0.4) is 0 Å². The topological polar surface area (TPSA) is 35.9 Å². The highest BCUT2D eigenvalue weighted by Crippen LogP contribution is 2.38. The second-order valence-electron chi connectivity index (χ2n) is 12.5. The second-order valence-corrected chi connectivity index (χ2v) is 15.4. The molecule has 0 N–H and O–H groups in total. The van der Waals surface area contributed by atoms with Crippen LogP contribution in [0.15, 0.2) is 84.9 Å². The Kier molecular flexibility index (Phi) is 10.3. The summed E-state index contributed by atoms with van der Waals surface area (Å²) < 4.78 is 21.3. The predicted octanol–water partition coefficient (Wildman–Crippen LogP) is 7.29. The first-order valence-corrected chi connectivity index (χ1v) is 16.5. The van der Waals surface area contributed by atoms with Gasteiger partial charge < -0.3 is 23.4 Å². The normalized spacial score (nSPS) is 13.2. The number of benzene rings is 3. The predicted molar refractivity (Wildman–Crippen MR) is 176 cm³/mol. The molecule has 3 aromatic carbocycles. The molecule has 222 valence electrons. The van der Waals surface area contributed by atoms with Crippen molar-refractivity contribution in [2.45, 2.75) is 71.6 Å². The molecule has 0 bridgehead atoms. The number of aromatic nitrogens is 1. The maximum absolute atomic E-state index is 6.36. The maximum atomic E-state index is 6.36. The Bertz CT molecular complexity index is 1400. The van der Waals surface area contributed by atoms with Crippen LogP contribution in [0.5, 0.6) is 0 Å². The van der Waals surface area contributed by atoms with Crippen molar-refractivity contribution in [2.24, 2.45) is 0 Å². The fraction of sp³-hybridized carbons (Fsp3) is 0.389. The van der Waals surface area contributed by atoms with Crippen molar-refractivity contribution < 1.29 is 13.9 Å². The molecule has 5 nitrogen and oxygen atoms in total. The molecule has 42 heavy (non-hydrogen) atoms. The molecule has 6 heteroatoms. The van der Waals surface area contributed by atoms with Gasteiger partial charge >= 0.3 is 0 Å². The zero-order valence-corrected chi connectivity index (χ0v) is 27.2. The molecule has 0 saturated heterocycles. The van der Waals surface area contributed by atoms with Crippen molar-refractivity contribution in [2.75, 3.05) is 25.1 Å². The smallest absolute Gasteiger partial charge is 0.166 e. The van der Waals surface area contributed by atoms with E-state index in [1.54, 1.807) is 0 Å². The van der Waals surface area contributed by atoms with Crippen molar-refractivity contribution in [1.29, 1.82) is 0 Å². The van der Waals surface area contributed by atoms with Crippen LogP contribution in [0, 0.1) is 0 Å². The molecule has 2 heterocycles. The van der Waals surface area contributed by atoms with Gasteiger partial charge in [0.05, 0.1) is 38.7 Å². The first-order chi connectivity index (χ1) is 20.4. The van der Waals surface area contributed by atoms with Crippen molar-refractivity contribution in [3.05, 3.63) is 113 Å². The summed E-state index contributed by atoms with van der Waals surface area (Å²) in [6.07, 6.45) is 2.24. The van der Waals surface area contributed by atoms with E-state index in [4.69, 9.17) is 13.9 Å². The number of likely N-dealkylation sites (N-methyl/N-ethyl adjacent to an activating group) is 1. The molecule has 0 spiro atoms. The summed E-state index contributed by atoms with van der Waals surface area (Å²) in [5, 5.41) is 0.325. The Morgan fingerprint density at radius 2 is 1.36 bits per heavy atom. The molecular formula is C36H46N2O3Si. The van der Waals surface area contributed by atoms with Gasteiger partial charge in [-0.15, -0.1) is 0 Å². The third-order valence-electron chi connectivity index (χ3n) is 7.79. The number of ether oxygens (including phenoxy) is 2. The molecule has 0 radical (unpaired) electrons. The molecule has 1 aliphatic rings. The summed E-state index contributed by atoms with van der Waals surface area (Å²) in [7, 11) is 1.63. The van der Waals surface area contributed by atoms with E-state index in [1.807, 2.05) is 12.1 Å². The average Bonchev–Trinajstić information content (AvgIpc) is 3.57. The molecule has 0 saturated carbocycles. The van der Waals surface area contributed by atoms with Crippen LogP contribution in [0.4, 0.5) is 5.69 Å². The minimum absolute atomic E-state index is 0.325. The monoisotopic (exact) mass is 582 g/mol. The Labute approximate surface area is 254 Å². The van der Waals surface area contributed by atoms with E-state index >= 15 is 0 Å². The third kappa shape index (κ3) is 8.01. The summed E-state index contributed by atoms with van der Waals surface area (Å²) in [5.74, 6) is 0. The summed E-state index contributed by atoms with van der Waals surface area (Å²) in [6.45, 7) is 11.9. The number of nitrogens with zero attached hydrogens (tertiary/aromatic N) is 2. The van der Waals surface area contributed by atoms with Crippen LogP contribution in [0.1, 0.15) is 55.1 Å². The van der Waals surface area contributed by atoms with Gasteiger partial charge in [-0.2, -0.15) is 0 Å². The standard InChI is InChI=1S/C36H46N2O3Si/c1-36(2,3)42-41-23-22-37(4)31-19-17-30(18-20-31)35-33(27-40-25-29-14-9-6-10-15-29)32(34-16-11-21-38(34)35)26-39-24-28-12-7-5-8-13-28/h5-10,12-15,17-20H,11,16,21-27,42H2,1-4H3. The van der Waals surface area contributed by atoms with E-state index < -0.39 is 9.76 Å². The summed E-state index contributed by atoms with van der Waals surface area (Å²) in [4.78, 5) is 2.29. The van der Waals surface area contributed by atoms with Crippen LogP contribution in [0.2, 0.25) is 5.04 Å². The first-order valence-electron chi connectivity index (χ1n) is 15.2. The molecule has 0 aliphatic carbocycles. The van der Waals surface area contributed by atoms with E-state index in [9.17, 15) is 0 Å². The molecule has 5 rings (SSSR count). The van der Waals surface area contributed by atoms with Crippen LogP contribution in [-0.4, -0.2) is 34.5 Å². The average molecular weight is 583 g/mol. The summed E-state index contributed by atoms with van der Waals surface area (Å²) in [6, 6.07) is 29.9. The highest BCUT2D eigenvalue weighted by molar-refractivity contribution is 6.31. The largest absolute Gasteiger partial charge is 0.422 e. The van der Waals surface area contributed by atoms with Crippen molar-refractivity contribution in [3.8, 4) is 11.3 Å². The molecule has 0 unspecified atom stereocenters. The fourth-order valence-electron chi connectivity index (χ4n) is 5.64. The van der Waals surface area contributed by atoms with Crippen molar-refractivity contribution in [1.82, 2.24) is 4.57 Å². The van der Waals surface area contributed by atoms with Crippen LogP contribution < -0.4 is 4.90 Å². The van der Waals surface area contributed by atoms with E-state index in [0.717, 1.165) is 32.5 Å². The Balaban J connectivity index is 1.35. The van der Waals surface area contributed by atoms with Gasteiger partial charge in [0.15, 0.2) is 9.76 Å². The van der Waals surface area contributed by atoms with Gasteiger partial charge in [-0.05, 0) is 46.7 Å². The summed E-state index contributed by atoms with van der Waals surface area (Å²) >= 11 is 0. The Morgan fingerprint density at radius 1 is 0.762 bits per heavy atom. The Morgan fingerprint density at radius 3 is 1.95 bits per heavy atom. The van der Waals surface area contributed by atoms with Crippen LogP contribution in [0.25, 0.3) is 11.3 Å². The van der Waals surface area contributed by atoms with Gasteiger partial charge in [0.25, 0.3) is 0 Å². The lowest BCUT2D eigenvalue weighted by molar-refractivity contribution is 0.0938. The Hall–Kier alpha value is -3.16. The minimum atomic E-state index is -0.520. The molecule has 0 amide bonds. The molecule has 0 fully saturated rings. The van der Waals surface area contributed by atoms with Crippen LogP contribution >= 0.6 is 0 Å². The number of fused-ring (bicyclic) bond motifs is 1. The molecule has 0 atom stereocenters. The zero-order chi connectivity index (χ0) is 29.4. The van der Waals surface area contributed by atoms with Gasteiger partial charge in [-0.3, -0.25) is 0 Å². The highest BCUT2D eigenvalue weighted by Gasteiger charge is 2.27. The van der Waals surface area contributed by atoms with Crippen molar-refractivity contribution >= 4 is 15.5 Å². The van der Waals surface area contributed by atoms with E-state index in [-0.39, 0.29) is 0 Å². The number of hydrogen-bond acceptors (Lipinski definition) is 4. The number of rotatable bonds is 14. The lowest BCUT2D eigenvalue weighted by atomic mass is 10.0. The second kappa shape index (κ2) is 14.3. The van der Waals surface area contributed by atoms with Gasteiger partial charge in [0.2, 0.25) is 0 Å². The van der Waals surface area contributed by atoms with Gasteiger partial charge in [-0.25, -0.2) is 0 Å². The van der Waals surface area contributed by atoms with Gasteiger partial charge in [0.1, 0.15) is 0 Å². The fourth-order valence-corrected chi connectivity index (χ4v) is 6.53. The maximum Gasteiger partial charge on any atom is 0.166 e. The first kappa shape index (κ1) is 30.3. The highest BCUT2D eigenvalue weighted by atomic mass is 28.2. The lowest BCUT2D eigenvalue weighted by Crippen LogP contribution is -2.24. The van der Waals surface area contributed by atoms with E-state index in [2.05, 4.69) is 110 Å². The van der Waals surface area contributed by atoms with Crippen molar-refractivity contribution in [3.63, 3.8) is 0 Å². The quantitative estimate of drug-likeness (QED) is 0.116. The third-order valence-corrected chi connectivity index (χ3v) is 9.15. The molecule has 1 aromatic heterocycles.